The normalized spacial score (nSPS) is 17.9. The minimum Gasteiger partial charge on any atom is -0.772 e. The Hall–Kier alpha value is -1.58. The molecule has 0 spiro atoms. The number of carbonyl (C=O) groups excluding carboxylic acids is 1. The van der Waals surface area contributed by atoms with Crippen LogP contribution >= 0.6 is 22.6 Å². The summed E-state index contributed by atoms with van der Waals surface area (Å²) < 4.78 is 41.5. The van der Waals surface area contributed by atoms with Gasteiger partial charge in [-0.05, 0) is 46.4 Å². The van der Waals surface area contributed by atoms with Crippen molar-refractivity contribution in [3.8, 4) is 5.75 Å². The van der Waals surface area contributed by atoms with Gasteiger partial charge in [0.1, 0.15) is 23.6 Å². The second-order valence-corrected chi connectivity index (χ2v) is 7.28. The van der Waals surface area contributed by atoms with Crippen LogP contribution in [0.5, 0.6) is 5.75 Å². The lowest BCUT2D eigenvalue weighted by Gasteiger charge is -2.25. The number of benzene rings is 2. The number of aldehydes is 1. The molecule has 0 aromatic heterocycles. The fraction of sp³-hybridized carbons (Fsp3) is 0.118. The summed E-state index contributed by atoms with van der Waals surface area (Å²) in [7, 11) is 0. The fourth-order valence-corrected chi connectivity index (χ4v) is 3.88. The van der Waals surface area contributed by atoms with Crippen molar-refractivity contribution < 1.29 is 22.7 Å². The lowest BCUT2D eigenvalue weighted by atomic mass is 9.95. The highest BCUT2D eigenvalue weighted by Gasteiger charge is 2.29. The van der Waals surface area contributed by atoms with Crippen LogP contribution in [0.3, 0.4) is 0 Å². The summed E-state index contributed by atoms with van der Waals surface area (Å²) in [6, 6.07) is 11.0. The average Bonchev–Trinajstić information content (AvgIpc) is 2.55. The third kappa shape index (κ3) is 3.42. The van der Waals surface area contributed by atoms with Crippen molar-refractivity contribution in [3.63, 3.8) is 0 Å². The largest absolute Gasteiger partial charge is 0.772 e. The molecular weight excluding hydrogens is 446 g/mol. The molecule has 0 fully saturated rings. The lowest BCUT2D eigenvalue weighted by molar-refractivity contribution is -0.108. The van der Waals surface area contributed by atoms with E-state index in [-0.39, 0.29) is 5.75 Å². The number of hydrogen-bond donors (Lipinski definition) is 0. The monoisotopic (exact) mass is 457 g/mol. The van der Waals surface area contributed by atoms with Crippen molar-refractivity contribution in [3.05, 3.63) is 68.6 Å². The Bertz CT molecular complexity index is 848. The standard InChI is InChI=1S/C17H12FIO4S/c18-12-5-6-15-13(7-12)14(8-20)16(19)17(23-15)11-3-1-10(2-4-11)9-24(21)22/h1-8,14H,9H2,(H,21,22)/p-1. The molecular formula is C17H11FIO4S-. The van der Waals surface area contributed by atoms with Crippen LogP contribution < -0.4 is 4.74 Å². The molecule has 0 aliphatic carbocycles. The van der Waals surface area contributed by atoms with Crippen molar-refractivity contribution in [1.82, 2.24) is 0 Å². The summed E-state index contributed by atoms with van der Waals surface area (Å²) in [6.07, 6.45) is 0.761. The van der Waals surface area contributed by atoms with E-state index in [2.05, 4.69) is 0 Å². The summed E-state index contributed by atoms with van der Waals surface area (Å²) in [5.41, 5.74) is 1.88. The molecule has 2 aromatic rings. The first-order chi connectivity index (χ1) is 11.5. The summed E-state index contributed by atoms with van der Waals surface area (Å²) in [6.45, 7) is 0. The van der Waals surface area contributed by atoms with Gasteiger partial charge in [0, 0.05) is 20.5 Å². The maximum atomic E-state index is 13.5. The van der Waals surface area contributed by atoms with Crippen molar-refractivity contribution in [2.75, 3.05) is 0 Å². The van der Waals surface area contributed by atoms with E-state index in [1.54, 1.807) is 24.3 Å². The van der Waals surface area contributed by atoms with Gasteiger partial charge in [-0.25, -0.2) is 4.39 Å². The van der Waals surface area contributed by atoms with Crippen molar-refractivity contribution >= 4 is 45.7 Å². The van der Waals surface area contributed by atoms with Crippen molar-refractivity contribution in [2.45, 2.75) is 11.7 Å². The Morgan fingerprint density at radius 3 is 2.58 bits per heavy atom. The van der Waals surface area contributed by atoms with Gasteiger partial charge in [-0.1, -0.05) is 35.3 Å². The minimum absolute atomic E-state index is 0.0592. The Morgan fingerprint density at radius 1 is 1.25 bits per heavy atom. The molecule has 2 aromatic carbocycles. The van der Waals surface area contributed by atoms with Crippen LogP contribution in [0.2, 0.25) is 0 Å². The van der Waals surface area contributed by atoms with Gasteiger partial charge in [0.05, 0.1) is 5.92 Å². The average molecular weight is 457 g/mol. The van der Waals surface area contributed by atoms with Gasteiger partial charge in [0.2, 0.25) is 0 Å². The molecule has 0 amide bonds. The predicted molar refractivity (Wildman–Crippen MR) is 95.8 cm³/mol. The van der Waals surface area contributed by atoms with Crippen molar-refractivity contribution in [2.24, 2.45) is 0 Å². The Kier molecular flexibility index (Phi) is 5.12. The number of ether oxygens (including phenoxy) is 1. The van der Waals surface area contributed by atoms with E-state index in [1.807, 2.05) is 22.6 Å². The van der Waals surface area contributed by atoms with Gasteiger partial charge in [-0.3, -0.25) is 4.21 Å². The summed E-state index contributed by atoms with van der Waals surface area (Å²) in [5, 5.41) is 0. The zero-order valence-electron chi connectivity index (χ0n) is 12.2. The molecule has 0 saturated heterocycles. The van der Waals surface area contributed by atoms with E-state index in [1.165, 1.54) is 18.2 Å². The zero-order chi connectivity index (χ0) is 17.3. The molecule has 0 bridgehead atoms. The highest BCUT2D eigenvalue weighted by atomic mass is 127. The van der Waals surface area contributed by atoms with Gasteiger partial charge in [-0.15, -0.1) is 0 Å². The number of halogens is 2. The molecule has 0 N–H and O–H groups in total. The highest BCUT2D eigenvalue weighted by molar-refractivity contribution is 14.1. The van der Waals surface area contributed by atoms with Crippen LogP contribution in [0.1, 0.15) is 22.6 Å². The maximum Gasteiger partial charge on any atom is 0.144 e. The first-order valence-corrected chi connectivity index (χ1v) is 9.29. The molecule has 7 heteroatoms. The molecule has 124 valence electrons. The van der Waals surface area contributed by atoms with E-state index in [0.717, 1.165) is 11.8 Å². The van der Waals surface area contributed by atoms with Gasteiger partial charge in [-0.2, -0.15) is 0 Å². The lowest BCUT2D eigenvalue weighted by Crippen LogP contribution is -2.13. The molecule has 1 heterocycles. The van der Waals surface area contributed by atoms with Crippen LogP contribution in [-0.4, -0.2) is 15.0 Å². The van der Waals surface area contributed by atoms with Crippen LogP contribution in [-0.2, 0) is 21.6 Å². The minimum atomic E-state index is -2.15. The molecule has 4 nitrogen and oxygen atoms in total. The quantitative estimate of drug-likeness (QED) is 0.399. The van der Waals surface area contributed by atoms with Crippen LogP contribution in [0.25, 0.3) is 5.76 Å². The van der Waals surface area contributed by atoms with E-state index in [0.29, 0.717) is 26.2 Å². The zero-order valence-corrected chi connectivity index (χ0v) is 15.2. The Labute approximate surface area is 154 Å². The second-order valence-electron chi connectivity index (χ2n) is 5.22. The van der Waals surface area contributed by atoms with E-state index >= 15 is 0 Å². The van der Waals surface area contributed by atoms with E-state index < -0.39 is 22.8 Å². The van der Waals surface area contributed by atoms with E-state index in [4.69, 9.17) is 4.74 Å². The van der Waals surface area contributed by atoms with Crippen LogP contribution in [0.15, 0.2) is 46.0 Å². The Morgan fingerprint density at radius 2 is 1.96 bits per heavy atom. The molecule has 2 unspecified atom stereocenters. The molecule has 2 atom stereocenters. The highest BCUT2D eigenvalue weighted by Crippen LogP contribution is 2.44. The van der Waals surface area contributed by atoms with Crippen LogP contribution in [0.4, 0.5) is 4.39 Å². The van der Waals surface area contributed by atoms with E-state index in [9.17, 15) is 17.9 Å². The number of carbonyl (C=O) groups is 1. The number of fused-ring (bicyclic) bond motifs is 1. The number of hydrogen-bond acceptors (Lipinski definition) is 4. The van der Waals surface area contributed by atoms with Crippen LogP contribution in [0, 0.1) is 5.82 Å². The van der Waals surface area contributed by atoms with Gasteiger partial charge < -0.3 is 14.1 Å². The number of allylic oxidation sites excluding steroid dienone is 1. The molecule has 0 saturated carbocycles. The molecule has 1 aliphatic rings. The first-order valence-electron chi connectivity index (χ1n) is 6.97. The van der Waals surface area contributed by atoms with Crippen molar-refractivity contribution in [1.29, 1.82) is 0 Å². The third-order valence-electron chi connectivity index (χ3n) is 3.65. The predicted octanol–water partition coefficient (Wildman–Crippen LogP) is 3.68. The van der Waals surface area contributed by atoms with Gasteiger partial charge >= 0.3 is 0 Å². The summed E-state index contributed by atoms with van der Waals surface area (Å²) >= 11 is -0.127. The number of rotatable bonds is 4. The smallest absolute Gasteiger partial charge is 0.144 e. The SMILES string of the molecule is O=CC1C(I)=C(c2ccc(CS(=O)[O-])cc2)Oc2ccc(F)cc21. The van der Waals surface area contributed by atoms with Gasteiger partial charge in [0.25, 0.3) is 0 Å². The summed E-state index contributed by atoms with van der Waals surface area (Å²) in [4.78, 5) is 11.5. The molecule has 0 radical (unpaired) electrons. The fourth-order valence-electron chi connectivity index (χ4n) is 2.51. The second kappa shape index (κ2) is 7.12. The summed E-state index contributed by atoms with van der Waals surface area (Å²) in [5.74, 6) is -0.118. The maximum absolute atomic E-state index is 13.5. The third-order valence-corrected chi connectivity index (χ3v) is 5.38. The molecule has 1 aliphatic heterocycles. The first kappa shape index (κ1) is 17.2. The van der Waals surface area contributed by atoms with Gasteiger partial charge in [0.15, 0.2) is 0 Å². The molecule has 24 heavy (non-hydrogen) atoms. The Balaban J connectivity index is 2.00. The topological polar surface area (TPSA) is 66.4 Å². The molecule has 3 rings (SSSR count).